The minimum Gasteiger partial charge on any atom is -0.478 e. The lowest BCUT2D eigenvalue weighted by Gasteiger charge is -2.01. The summed E-state index contributed by atoms with van der Waals surface area (Å²) in [7, 11) is 0. The van der Waals surface area contributed by atoms with Gasteiger partial charge in [-0.15, -0.1) is 24.4 Å². The van der Waals surface area contributed by atoms with Crippen LogP contribution in [0.4, 0.5) is 0 Å². The van der Waals surface area contributed by atoms with Gasteiger partial charge >= 0.3 is 5.97 Å². The van der Waals surface area contributed by atoms with Gasteiger partial charge in [-0.05, 0) is 19.1 Å². The quantitative estimate of drug-likeness (QED) is 0.179. The number of rotatable bonds is 12. The zero-order valence-corrected chi connectivity index (χ0v) is 16.6. The van der Waals surface area contributed by atoms with E-state index < -0.39 is 5.97 Å². The molecule has 0 aromatic heterocycles. The molecule has 0 aliphatic rings. The first-order valence-electron chi connectivity index (χ1n) is 8.16. The maximum atomic E-state index is 9.60. The molecule has 0 atom stereocenters. The summed E-state index contributed by atoms with van der Waals surface area (Å²) >= 11 is 10.7. The highest BCUT2D eigenvalue weighted by atomic mass is 32.2. The summed E-state index contributed by atoms with van der Waals surface area (Å²) in [5, 5.41) is 7.89. The molecule has 0 aromatic carbocycles. The molecule has 0 amide bonds. The van der Waals surface area contributed by atoms with Gasteiger partial charge in [-0.25, -0.2) is 4.79 Å². The summed E-state index contributed by atoms with van der Waals surface area (Å²) < 4.78 is 0.788. The number of thioether (sulfide) groups is 1. The van der Waals surface area contributed by atoms with Crippen LogP contribution in [0, 0.1) is 0 Å². The van der Waals surface area contributed by atoms with E-state index in [9.17, 15) is 4.79 Å². The van der Waals surface area contributed by atoms with Gasteiger partial charge in [-0.3, -0.25) is 0 Å². The van der Waals surface area contributed by atoms with Crippen LogP contribution < -0.4 is 0 Å². The normalized spacial score (nSPS) is 9.77. The lowest BCUT2D eigenvalue weighted by molar-refractivity contribution is -0.132. The summed E-state index contributed by atoms with van der Waals surface area (Å²) in [6.07, 6.45) is 14.0. The predicted octanol–water partition coefficient (Wildman–Crippen LogP) is 6.50. The standard InChI is InChI=1S/C13H26S3.C4H6O2/c1-2-3-4-5-6-7-8-9-10-11-12-16-13(14)15;1-3(2)4(5)6/h2-12H2,1H3,(H,14,15);1H2,2H3,(H,5,6). The van der Waals surface area contributed by atoms with Crippen molar-refractivity contribution in [3.63, 3.8) is 0 Å². The van der Waals surface area contributed by atoms with Crippen LogP contribution in [0.5, 0.6) is 0 Å². The van der Waals surface area contributed by atoms with Crippen molar-refractivity contribution in [2.75, 3.05) is 5.75 Å². The summed E-state index contributed by atoms with van der Waals surface area (Å²) in [6, 6.07) is 0. The van der Waals surface area contributed by atoms with Crippen LogP contribution in [0.3, 0.4) is 0 Å². The molecule has 22 heavy (non-hydrogen) atoms. The Hall–Kier alpha value is -0.000000000000000111. The number of carboxylic acid groups (broad SMARTS) is 1. The topological polar surface area (TPSA) is 37.3 Å². The van der Waals surface area contributed by atoms with E-state index in [0.717, 1.165) is 9.28 Å². The van der Waals surface area contributed by atoms with E-state index in [1.54, 1.807) is 11.8 Å². The van der Waals surface area contributed by atoms with E-state index >= 15 is 0 Å². The van der Waals surface area contributed by atoms with Gasteiger partial charge < -0.3 is 5.11 Å². The summed E-state index contributed by atoms with van der Waals surface area (Å²) in [4.78, 5) is 9.60. The monoisotopic (exact) mass is 364 g/mol. The van der Waals surface area contributed by atoms with Gasteiger partial charge in [0.15, 0.2) is 0 Å². The van der Waals surface area contributed by atoms with Crippen LogP contribution in [-0.2, 0) is 4.79 Å². The van der Waals surface area contributed by atoms with Crippen LogP contribution in [0.15, 0.2) is 12.2 Å². The zero-order chi connectivity index (χ0) is 17.2. The Labute approximate surface area is 151 Å². The Kier molecular flexibility index (Phi) is 21.0. The van der Waals surface area contributed by atoms with Crippen molar-refractivity contribution in [2.24, 2.45) is 0 Å². The number of hydrogen-bond acceptors (Lipinski definition) is 3. The van der Waals surface area contributed by atoms with E-state index in [0.29, 0.717) is 0 Å². The van der Waals surface area contributed by atoms with Gasteiger partial charge in [0.2, 0.25) is 0 Å². The van der Waals surface area contributed by atoms with Crippen molar-refractivity contribution in [2.45, 2.75) is 78.1 Å². The number of hydrogen-bond donors (Lipinski definition) is 2. The number of unbranched alkanes of at least 4 members (excludes halogenated alkanes) is 9. The summed E-state index contributed by atoms with van der Waals surface area (Å²) in [5.41, 5.74) is 0.176. The Balaban J connectivity index is 0. The maximum absolute atomic E-state index is 9.60. The van der Waals surface area contributed by atoms with Crippen molar-refractivity contribution in [3.8, 4) is 0 Å². The minimum atomic E-state index is -0.935. The first-order chi connectivity index (χ1) is 10.4. The number of carbonyl (C=O) groups is 1. The van der Waals surface area contributed by atoms with Gasteiger partial charge in [0, 0.05) is 5.57 Å². The zero-order valence-electron chi connectivity index (χ0n) is 14.1. The third kappa shape index (κ3) is 25.0. The van der Waals surface area contributed by atoms with Gasteiger partial charge in [0.05, 0.1) is 0 Å². The largest absolute Gasteiger partial charge is 0.478 e. The molecule has 0 saturated carbocycles. The molecule has 0 radical (unpaired) electrons. The van der Waals surface area contributed by atoms with E-state index in [1.807, 2.05) is 0 Å². The highest BCUT2D eigenvalue weighted by molar-refractivity contribution is 8.41. The second kappa shape index (κ2) is 19.0. The summed E-state index contributed by atoms with van der Waals surface area (Å²) in [6.45, 7) is 6.87. The molecule has 0 rings (SSSR count). The number of thiocarbonyl (C=S) groups is 1. The molecule has 0 spiro atoms. The molecule has 0 fully saturated rings. The lowest BCUT2D eigenvalue weighted by Crippen LogP contribution is -1.92. The Morgan fingerprint density at radius 2 is 1.41 bits per heavy atom. The van der Waals surface area contributed by atoms with Crippen LogP contribution in [-0.4, -0.2) is 20.4 Å². The first kappa shape index (κ1) is 24.3. The van der Waals surface area contributed by atoms with Gasteiger partial charge in [-0.1, -0.05) is 83.5 Å². The molecule has 0 aromatic rings. The van der Waals surface area contributed by atoms with Crippen molar-refractivity contribution in [1.82, 2.24) is 0 Å². The average Bonchev–Trinajstić information content (AvgIpc) is 2.45. The molecular weight excluding hydrogens is 332 g/mol. The molecule has 0 bridgehead atoms. The second-order valence-corrected chi connectivity index (χ2v) is 8.21. The van der Waals surface area contributed by atoms with Crippen molar-refractivity contribution in [1.29, 1.82) is 0 Å². The van der Waals surface area contributed by atoms with E-state index in [4.69, 9.17) is 17.3 Å². The van der Waals surface area contributed by atoms with Crippen LogP contribution in [0.1, 0.15) is 78.1 Å². The lowest BCUT2D eigenvalue weighted by atomic mass is 10.1. The van der Waals surface area contributed by atoms with Crippen LogP contribution in [0.2, 0.25) is 0 Å². The first-order valence-corrected chi connectivity index (χ1v) is 10.00. The predicted molar refractivity (Wildman–Crippen MR) is 108 cm³/mol. The molecular formula is C17H32O2S3. The molecule has 1 N–H and O–H groups in total. The van der Waals surface area contributed by atoms with E-state index in [1.165, 1.54) is 71.1 Å². The minimum absolute atomic E-state index is 0.176. The molecule has 0 heterocycles. The number of aliphatic carboxylic acids is 1. The highest BCUT2D eigenvalue weighted by Gasteiger charge is 1.94. The highest BCUT2D eigenvalue weighted by Crippen LogP contribution is 2.14. The third-order valence-electron chi connectivity index (χ3n) is 3.09. The fraction of sp³-hybridized carbons (Fsp3) is 0.765. The van der Waals surface area contributed by atoms with Gasteiger partial charge in [0.1, 0.15) is 3.53 Å². The molecule has 2 nitrogen and oxygen atoms in total. The Morgan fingerprint density at radius 3 is 1.73 bits per heavy atom. The SMILES string of the molecule is C=C(C)C(=O)O.CCCCCCCCCCCCSC(=S)S. The molecule has 0 aliphatic carbocycles. The van der Waals surface area contributed by atoms with E-state index in [-0.39, 0.29) is 5.57 Å². The third-order valence-corrected chi connectivity index (χ3v) is 4.57. The fourth-order valence-electron chi connectivity index (χ4n) is 1.75. The Morgan fingerprint density at radius 1 is 1.05 bits per heavy atom. The average molecular weight is 365 g/mol. The Bertz CT molecular complexity index is 292. The fourth-order valence-corrected chi connectivity index (χ4v) is 2.80. The number of thiol groups is 1. The second-order valence-electron chi connectivity index (χ2n) is 5.38. The van der Waals surface area contributed by atoms with Crippen molar-refractivity contribution >= 4 is 46.1 Å². The maximum Gasteiger partial charge on any atom is 0.330 e. The summed E-state index contributed by atoms with van der Waals surface area (Å²) in [5.74, 6) is 0.216. The van der Waals surface area contributed by atoms with Gasteiger partial charge in [-0.2, -0.15) is 0 Å². The number of carboxylic acids is 1. The van der Waals surface area contributed by atoms with Gasteiger partial charge in [0.25, 0.3) is 0 Å². The van der Waals surface area contributed by atoms with Crippen LogP contribution in [0.25, 0.3) is 0 Å². The van der Waals surface area contributed by atoms with Crippen LogP contribution >= 0.6 is 36.6 Å². The molecule has 0 saturated heterocycles. The molecule has 5 heteroatoms. The molecule has 0 aliphatic heterocycles. The smallest absolute Gasteiger partial charge is 0.330 e. The van der Waals surface area contributed by atoms with E-state index in [2.05, 4.69) is 26.1 Å². The molecule has 0 unspecified atom stereocenters. The van der Waals surface area contributed by atoms with Crippen molar-refractivity contribution < 1.29 is 9.90 Å². The van der Waals surface area contributed by atoms with Crippen molar-refractivity contribution in [3.05, 3.63) is 12.2 Å². The molecule has 130 valence electrons.